The van der Waals surface area contributed by atoms with Crippen molar-refractivity contribution >= 4 is 32.2 Å². The van der Waals surface area contributed by atoms with Crippen LogP contribution in [0.1, 0.15) is 18.4 Å². The van der Waals surface area contributed by atoms with Crippen LogP contribution in [0.15, 0.2) is 45.0 Å². The molecule has 0 aliphatic heterocycles. The largest absolute Gasteiger partial charge is 0.497 e. The molecule has 1 aromatic carbocycles. The number of rotatable bonds is 7. The van der Waals surface area contributed by atoms with E-state index in [0.29, 0.717) is 16.6 Å². The van der Waals surface area contributed by atoms with E-state index in [9.17, 15) is 13.2 Å². The average molecular weight is 435 g/mol. The number of ether oxygens (including phenoxy) is 1. The lowest BCUT2D eigenvalue weighted by molar-refractivity contribution is -0.118. The second kappa shape index (κ2) is 8.38. The monoisotopic (exact) mass is 434 g/mol. The van der Waals surface area contributed by atoms with E-state index >= 15 is 0 Å². The van der Waals surface area contributed by atoms with Gasteiger partial charge in [0.25, 0.3) is 0 Å². The quantitative estimate of drug-likeness (QED) is 0.602. The molecular weight excluding hydrogens is 412 g/mol. The van der Waals surface area contributed by atoms with Crippen molar-refractivity contribution in [3.05, 3.63) is 47.2 Å². The van der Waals surface area contributed by atoms with Gasteiger partial charge in [0.05, 0.1) is 23.5 Å². The van der Waals surface area contributed by atoms with E-state index in [4.69, 9.17) is 9.15 Å². The van der Waals surface area contributed by atoms with Crippen LogP contribution in [0.3, 0.4) is 0 Å². The zero-order valence-corrected chi connectivity index (χ0v) is 18.2. The Labute approximate surface area is 173 Å². The molecule has 29 heavy (non-hydrogen) atoms. The van der Waals surface area contributed by atoms with E-state index in [2.05, 4.69) is 10.3 Å². The van der Waals surface area contributed by atoms with Crippen molar-refractivity contribution < 1.29 is 22.4 Å². The zero-order valence-electron chi connectivity index (χ0n) is 16.6. The molecule has 0 saturated carbocycles. The van der Waals surface area contributed by atoms with Crippen LogP contribution >= 0.6 is 11.3 Å². The molecule has 9 heteroatoms. The highest BCUT2D eigenvalue weighted by Gasteiger charge is 2.24. The Hall–Kier alpha value is -2.65. The highest BCUT2D eigenvalue weighted by molar-refractivity contribution is 7.91. The number of nitrogens with zero attached hydrogens (tertiary/aromatic N) is 1. The number of thiazole rings is 1. The third kappa shape index (κ3) is 4.86. The van der Waals surface area contributed by atoms with Gasteiger partial charge in [0.15, 0.2) is 15.0 Å². The zero-order chi connectivity index (χ0) is 21.2. The molecule has 154 valence electrons. The van der Waals surface area contributed by atoms with Crippen molar-refractivity contribution in [3.8, 4) is 17.0 Å². The van der Waals surface area contributed by atoms with Crippen molar-refractivity contribution in [2.24, 2.45) is 5.92 Å². The summed E-state index contributed by atoms with van der Waals surface area (Å²) < 4.78 is 35.7. The van der Waals surface area contributed by atoms with Gasteiger partial charge in [0.1, 0.15) is 17.3 Å². The van der Waals surface area contributed by atoms with Gasteiger partial charge in [-0.2, -0.15) is 0 Å². The van der Waals surface area contributed by atoms with Gasteiger partial charge in [-0.15, -0.1) is 11.3 Å². The number of methoxy groups -OCH3 is 1. The molecule has 2 aromatic heterocycles. The predicted molar refractivity (Wildman–Crippen MR) is 112 cm³/mol. The Bertz CT molecular complexity index is 1110. The lowest BCUT2D eigenvalue weighted by atomic mass is 10.2. The molecule has 0 radical (unpaired) electrons. The molecule has 7 nitrogen and oxygen atoms in total. The lowest BCUT2D eigenvalue weighted by Crippen LogP contribution is -2.27. The van der Waals surface area contributed by atoms with Gasteiger partial charge in [-0.1, -0.05) is 6.92 Å². The normalized spacial score (nSPS) is 12.6. The standard InChI is InChI=1S/C20H22N2O5S2/c1-12(11-29(24,25)16-7-5-15(26-4)6-8-16)19(23)22-20-21-18(10-28-20)17-9-13(2)27-14(17)3/h5-10,12H,11H2,1-4H3,(H,21,22,23). The van der Waals surface area contributed by atoms with Gasteiger partial charge < -0.3 is 14.5 Å². The van der Waals surface area contributed by atoms with Crippen LogP contribution in [0.4, 0.5) is 5.13 Å². The fraction of sp³-hybridized carbons (Fsp3) is 0.300. The molecule has 1 amide bonds. The fourth-order valence-electron chi connectivity index (χ4n) is 2.85. The Morgan fingerprint density at radius 2 is 1.97 bits per heavy atom. The minimum Gasteiger partial charge on any atom is -0.497 e. The summed E-state index contributed by atoms with van der Waals surface area (Å²) in [6.45, 7) is 5.29. The van der Waals surface area contributed by atoms with Crippen molar-refractivity contribution in [2.75, 3.05) is 18.2 Å². The molecular formula is C20H22N2O5S2. The maximum absolute atomic E-state index is 12.6. The van der Waals surface area contributed by atoms with E-state index in [1.165, 1.54) is 30.6 Å². The number of carbonyl (C=O) groups excluding carboxylic acids is 1. The van der Waals surface area contributed by atoms with Crippen molar-refractivity contribution in [3.63, 3.8) is 0 Å². The first kappa shape index (κ1) is 21.1. The first-order valence-electron chi connectivity index (χ1n) is 8.90. The summed E-state index contributed by atoms with van der Waals surface area (Å²) in [7, 11) is -2.10. The maximum Gasteiger partial charge on any atom is 0.230 e. The highest BCUT2D eigenvalue weighted by Crippen LogP contribution is 2.30. The Balaban J connectivity index is 1.66. The summed E-state index contributed by atoms with van der Waals surface area (Å²) in [5.74, 6) is 0.662. The number of furan rings is 1. The molecule has 1 unspecified atom stereocenters. The predicted octanol–water partition coefficient (Wildman–Crippen LogP) is 4.08. The van der Waals surface area contributed by atoms with Gasteiger partial charge in [-0.05, 0) is 44.2 Å². The van der Waals surface area contributed by atoms with Gasteiger partial charge in [-0.3, -0.25) is 4.79 Å². The molecule has 0 aliphatic carbocycles. The van der Waals surface area contributed by atoms with Crippen molar-refractivity contribution in [1.82, 2.24) is 4.98 Å². The summed E-state index contributed by atoms with van der Waals surface area (Å²) in [5.41, 5.74) is 1.58. The minimum atomic E-state index is -3.61. The van der Waals surface area contributed by atoms with Crippen LogP contribution in [0.5, 0.6) is 5.75 Å². The van der Waals surface area contributed by atoms with Gasteiger partial charge in [0.2, 0.25) is 5.91 Å². The number of hydrogen-bond acceptors (Lipinski definition) is 7. The topological polar surface area (TPSA) is 98.5 Å². The van der Waals surface area contributed by atoms with Crippen LogP contribution in [-0.2, 0) is 14.6 Å². The third-order valence-electron chi connectivity index (χ3n) is 4.39. The molecule has 0 bridgehead atoms. The van der Waals surface area contributed by atoms with E-state index < -0.39 is 21.7 Å². The first-order valence-corrected chi connectivity index (χ1v) is 11.4. The Morgan fingerprint density at radius 1 is 1.28 bits per heavy atom. The summed E-state index contributed by atoms with van der Waals surface area (Å²) in [6.07, 6.45) is 0. The highest BCUT2D eigenvalue weighted by atomic mass is 32.2. The Morgan fingerprint density at radius 3 is 2.55 bits per heavy atom. The number of nitrogens with one attached hydrogen (secondary N) is 1. The van der Waals surface area contributed by atoms with Crippen LogP contribution in [0.25, 0.3) is 11.3 Å². The number of aromatic nitrogens is 1. The summed E-state index contributed by atoms with van der Waals surface area (Å²) in [6, 6.07) is 7.99. The lowest BCUT2D eigenvalue weighted by Gasteiger charge is -2.12. The molecule has 0 aliphatic rings. The number of carbonyl (C=O) groups is 1. The Kier molecular flexibility index (Phi) is 6.09. The van der Waals surface area contributed by atoms with Crippen molar-refractivity contribution in [1.29, 1.82) is 0 Å². The molecule has 3 rings (SSSR count). The van der Waals surface area contributed by atoms with Crippen LogP contribution in [0.2, 0.25) is 0 Å². The SMILES string of the molecule is COc1ccc(S(=O)(=O)CC(C)C(=O)Nc2nc(-c3cc(C)oc3C)cs2)cc1. The van der Waals surface area contributed by atoms with Crippen LogP contribution in [0, 0.1) is 19.8 Å². The fourth-order valence-corrected chi connectivity index (χ4v) is 5.12. The summed E-state index contributed by atoms with van der Waals surface area (Å²) in [4.78, 5) is 17.1. The van der Waals surface area contributed by atoms with Crippen molar-refractivity contribution in [2.45, 2.75) is 25.7 Å². The second-order valence-electron chi connectivity index (χ2n) is 6.71. The van der Waals surface area contributed by atoms with E-state index in [1.54, 1.807) is 19.1 Å². The smallest absolute Gasteiger partial charge is 0.230 e. The molecule has 0 saturated heterocycles. The average Bonchev–Trinajstić information content (AvgIpc) is 3.26. The number of anilines is 1. The van der Waals surface area contributed by atoms with Crippen LogP contribution < -0.4 is 10.1 Å². The minimum absolute atomic E-state index is 0.153. The molecule has 1 atom stereocenters. The van der Waals surface area contributed by atoms with E-state index in [0.717, 1.165) is 17.1 Å². The number of sulfone groups is 1. The van der Waals surface area contributed by atoms with Gasteiger partial charge >= 0.3 is 0 Å². The van der Waals surface area contributed by atoms with E-state index in [-0.39, 0.29) is 10.6 Å². The second-order valence-corrected chi connectivity index (χ2v) is 9.60. The van der Waals surface area contributed by atoms with Gasteiger partial charge in [-0.25, -0.2) is 13.4 Å². The number of hydrogen-bond donors (Lipinski definition) is 1. The molecule has 3 aromatic rings. The summed E-state index contributed by atoms with van der Waals surface area (Å²) in [5, 5.41) is 4.94. The van der Waals surface area contributed by atoms with E-state index in [1.807, 2.05) is 25.3 Å². The number of aryl methyl sites for hydroxylation is 2. The number of benzene rings is 1. The maximum atomic E-state index is 12.6. The molecule has 0 fully saturated rings. The van der Waals surface area contributed by atoms with Gasteiger partial charge in [0, 0.05) is 16.9 Å². The summed E-state index contributed by atoms with van der Waals surface area (Å²) >= 11 is 1.28. The molecule has 1 N–H and O–H groups in total. The third-order valence-corrected chi connectivity index (χ3v) is 7.07. The van der Waals surface area contributed by atoms with Crippen LogP contribution in [-0.4, -0.2) is 32.2 Å². The number of amides is 1. The molecule has 2 heterocycles. The first-order chi connectivity index (χ1) is 13.7. The molecule has 0 spiro atoms.